The molecule has 7 heteroatoms. The SMILES string of the molecule is Cc1cc(N)cc(C)c1S(=O)(=O)Nc1cccc(Cl)n1. The molecule has 0 amide bonds. The maximum atomic E-state index is 12.4. The Morgan fingerprint density at radius 2 is 1.80 bits per heavy atom. The highest BCUT2D eigenvalue weighted by Crippen LogP contribution is 2.25. The Balaban J connectivity index is 2.46. The molecule has 0 radical (unpaired) electrons. The predicted octanol–water partition coefficient (Wildman–Crippen LogP) is 2.73. The molecular weight excluding hydrogens is 298 g/mol. The molecule has 0 fully saturated rings. The molecule has 1 heterocycles. The molecule has 0 unspecified atom stereocenters. The van der Waals surface area contributed by atoms with Crippen LogP contribution in [0, 0.1) is 13.8 Å². The number of nitrogens with one attached hydrogen (secondary N) is 1. The van der Waals surface area contributed by atoms with Gasteiger partial charge in [-0.15, -0.1) is 0 Å². The van der Waals surface area contributed by atoms with Crippen LogP contribution in [0.2, 0.25) is 5.15 Å². The minimum atomic E-state index is -3.73. The number of nitrogens with zero attached hydrogens (tertiary/aromatic N) is 1. The molecule has 1 aromatic carbocycles. The zero-order valence-electron chi connectivity index (χ0n) is 11.0. The van der Waals surface area contributed by atoms with Crippen LogP contribution < -0.4 is 10.5 Å². The fraction of sp³-hybridized carbons (Fsp3) is 0.154. The van der Waals surface area contributed by atoms with E-state index in [1.807, 2.05) is 0 Å². The minimum Gasteiger partial charge on any atom is -0.399 e. The number of hydrogen-bond acceptors (Lipinski definition) is 4. The number of benzene rings is 1. The highest BCUT2D eigenvalue weighted by Gasteiger charge is 2.20. The summed E-state index contributed by atoms with van der Waals surface area (Å²) in [6.07, 6.45) is 0. The van der Waals surface area contributed by atoms with Crippen molar-refractivity contribution in [2.45, 2.75) is 18.7 Å². The van der Waals surface area contributed by atoms with Crippen LogP contribution in [0.5, 0.6) is 0 Å². The number of aryl methyl sites for hydroxylation is 2. The van der Waals surface area contributed by atoms with Crippen molar-refractivity contribution in [2.24, 2.45) is 0 Å². The van der Waals surface area contributed by atoms with E-state index in [2.05, 4.69) is 9.71 Å². The second-order valence-corrected chi connectivity index (χ2v) is 6.44. The van der Waals surface area contributed by atoms with Gasteiger partial charge in [0.05, 0.1) is 4.90 Å². The van der Waals surface area contributed by atoms with Crippen LogP contribution in [-0.4, -0.2) is 13.4 Å². The van der Waals surface area contributed by atoms with Crippen LogP contribution in [0.1, 0.15) is 11.1 Å². The van der Waals surface area contributed by atoms with Gasteiger partial charge in [0.2, 0.25) is 0 Å². The van der Waals surface area contributed by atoms with Crippen molar-refractivity contribution in [3.63, 3.8) is 0 Å². The molecule has 0 spiro atoms. The van der Waals surface area contributed by atoms with Gasteiger partial charge >= 0.3 is 0 Å². The summed E-state index contributed by atoms with van der Waals surface area (Å²) in [4.78, 5) is 4.11. The number of aromatic nitrogens is 1. The summed E-state index contributed by atoms with van der Waals surface area (Å²) in [6.45, 7) is 3.40. The lowest BCUT2D eigenvalue weighted by molar-refractivity contribution is 0.600. The molecule has 3 N–H and O–H groups in total. The summed E-state index contributed by atoms with van der Waals surface area (Å²) in [7, 11) is -3.73. The molecule has 0 bridgehead atoms. The summed E-state index contributed by atoms with van der Waals surface area (Å²) >= 11 is 5.74. The number of anilines is 2. The van der Waals surface area contributed by atoms with Crippen molar-refractivity contribution in [3.05, 3.63) is 46.6 Å². The average Bonchev–Trinajstić information content (AvgIpc) is 2.25. The van der Waals surface area contributed by atoms with E-state index < -0.39 is 10.0 Å². The van der Waals surface area contributed by atoms with Gasteiger partial charge in [0.15, 0.2) is 0 Å². The van der Waals surface area contributed by atoms with Crippen LogP contribution in [0.4, 0.5) is 11.5 Å². The first-order valence-electron chi connectivity index (χ1n) is 5.82. The van der Waals surface area contributed by atoms with E-state index in [1.54, 1.807) is 38.1 Å². The maximum Gasteiger partial charge on any atom is 0.263 e. The quantitative estimate of drug-likeness (QED) is 0.674. The van der Waals surface area contributed by atoms with Gasteiger partial charge in [0.25, 0.3) is 10.0 Å². The van der Waals surface area contributed by atoms with E-state index in [-0.39, 0.29) is 15.9 Å². The molecule has 0 aliphatic carbocycles. The number of pyridine rings is 1. The van der Waals surface area contributed by atoms with E-state index in [4.69, 9.17) is 17.3 Å². The van der Waals surface area contributed by atoms with E-state index >= 15 is 0 Å². The molecule has 0 aliphatic rings. The van der Waals surface area contributed by atoms with Crippen molar-refractivity contribution >= 4 is 33.1 Å². The lowest BCUT2D eigenvalue weighted by Gasteiger charge is -2.13. The molecule has 0 saturated carbocycles. The first-order chi connectivity index (χ1) is 9.29. The topological polar surface area (TPSA) is 85.1 Å². The van der Waals surface area contributed by atoms with E-state index in [1.165, 1.54) is 6.07 Å². The number of nitrogen functional groups attached to an aromatic ring is 1. The second-order valence-electron chi connectivity index (χ2n) is 4.43. The van der Waals surface area contributed by atoms with Gasteiger partial charge < -0.3 is 5.73 Å². The Kier molecular flexibility index (Phi) is 3.87. The van der Waals surface area contributed by atoms with E-state index in [0.717, 1.165) is 0 Å². The van der Waals surface area contributed by atoms with Gasteiger partial charge in [-0.25, -0.2) is 13.4 Å². The lowest BCUT2D eigenvalue weighted by Crippen LogP contribution is -2.16. The summed E-state index contributed by atoms with van der Waals surface area (Å²) in [6, 6.07) is 7.96. The Hall–Kier alpha value is -1.79. The van der Waals surface area contributed by atoms with Crippen LogP contribution >= 0.6 is 11.6 Å². The molecular formula is C13H14ClN3O2S. The molecule has 0 atom stereocenters. The third kappa shape index (κ3) is 3.02. The molecule has 0 aliphatic heterocycles. The smallest absolute Gasteiger partial charge is 0.263 e. The van der Waals surface area contributed by atoms with Gasteiger partial charge in [-0.05, 0) is 49.2 Å². The Morgan fingerprint density at radius 3 is 2.35 bits per heavy atom. The third-order valence-electron chi connectivity index (χ3n) is 2.71. The van der Waals surface area contributed by atoms with Gasteiger partial charge in [0, 0.05) is 5.69 Å². The number of nitrogens with two attached hydrogens (primary N) is 1. The fourth-order valence-corrected chi connectivity index (χ4v) is 3.68. The normalized spacial score (nSPS) is 11.3. The summed E-state index contributed by atoms with van der Waals surface area (Å²) in [5, 5.41) is 0.218. The third-order valence-corrected chi connectivity index (χ3v) is 4.58. The molecule has 20 heavy (non-hydrogen) atoms. The maximum absolute atomic E-state index is 12.4. The number of rotatable bonds is 3. The first kappa shape index (κ1) is 14.6. The molecule has 5 nitrogen and oxygen atoms in total. The van der Waals surface area contributed by atoms with Crippen LogP contribution in [0.25, 0.3) is 0 Å². The average molecular weight is 312 g/mol. The van der Waals surface area contributed by atoms with Crippen molar-refractivity contribution in [3.8, 4) is 0 Å². The molecule has 2 aromatic rings. The number of halogens is 1. The van der Waals surface area contributed by atoms with Gasteiger partial charge in [0.1, 0.15) is 11.0 Å². The van der Waals surface area contributed by atoms with Crippen LogP contribution in [0.15, 0.2) is 35.2 Å². The Bertz CT molecular complexity index is 737. The molecule has 2 rings (SSSR count). The summed E-state index contributed by atoms with van der Waals surface area (Å²) in [5.41, 5.74) is 7.39. The number of hydrogen-bond donors (Lipinski definition) is 2. The van der Waals surface area contributed by atoms with Crippen molar-refractivity contribution in [1.82, 2.24) is 4.98 Å². The van der Waals surface area contributed by atoms with E-state index in [0.29, 0.717) is 16.8 Å². The van der Waals surface area contributed by atoms with Crippen LogP contribution in [-0.2, 0) is 10.0 Å². The van der Waals surface area contributed by atoms with Crippen LogP contribution in [0.3, 0.4) is 0 Å². The Morgan fingerprint density at radius 1 is 1.20 bits per heavy atom. The summed E-state index contributed by atoms with van der Waals surface area (Å²) < 4.78 is 27.3. The van der Waals surface area contributed by atoms with Crippen molar-refractivity contribution in [2.75, 3.05) is 10.5 Å². The van der Waals surface area contributed by atoms with Gasteiger partial charge in [-0.1, -0.05) is 17.7 Å². The second kappa shape index (κ2) is 5.30. The highest BCUT2D eigenvalue weighted by molar-refractivity contribution is 7.92. The standard InChI is InChI=1S/C13H14ClN3O2S/c1-8-6-10(15)7-9(2)13(8)20(18,19)17-12-5-3-4-11(14)16-12/h3-7H,15H2,1-2H3,(H,16,17). The van der Waals surface area contributed by atoms with E-state index in [9.17, 15) is 8.42 Å². The zero-order chi connectivity index (χ0) is 14.9. The van der Waals surface area contributed by atoms with Crippen molar-refractivity contribution in [1.29, 1.82) is 0 Å². The lowest BCUT2D eigenvalue weighted by atomic mass is 10.1. The molecule has 1 aromatic heterocycles. The molecule has 0 saturated heterocycles. The predicted molar refractivity (Wildman–Crippen MR) is 80.4 cm³/mol. The molecule has 106 valence electrons. The van der Waals surface area contributed by atoms with Gasteiger partial charge in [-0.3, -0.25) is 4.72 Å². The Labute approximate surface area is 122 Å². The summed E-state index contributed by atoms with van der Waals surface area (Å²) in [5.74, 6) is 0.174. The van der Waals surface area contributed by atoms with Crippen molar-refractivity contribution < 1.29 is 8.42 Å². The zero-order valence-corrected chi connectivity index (χ0v) is 12.6. The van der Waals surface area contributed by atoms with Gasteiger partial charge in [-0.2, -0.15) is 0 Å². The highest BCUT2D eigenvalue weighted by atomic mass is 35.5. The minimum absolute atomic E-state index is 0.174. The largest absolute Gasteiger partial charge is 0.399 e. The fourth-order valence-electron chi connectivity index (χ4n) is 2.06. The first-order valence-corrected chi connectivity index (χ1v) is 7.68. The number of sulfonamides is 1. The monoisotopic (exact) mass is 311 g/mol.